The van der Waals surface area contributed by atoms with Crippen LogP contribution in [0.1, 0.15) is 33.1 Å². The molecular weight excluding hydrogens is 464 g/mol. The van der Waals surface area contributed by atoms with E-state index in [-0.39, 0.29) is 22.5 Å². The number of nitrogens with two attached hydrogens (primary N) is 2. The van der Waals surface area contributed by atoms with E-state index in [0.29, 0.717) is 12.3 Å². The molecule has 0 spiro atoms. The van der Waals surface area contributed by atoms with E-state index < -0.39 is 0 Å². The summed E-state index contributed by atoms with van der Waals surface area (Å²) >= 11 is 6.90. The average molecular weight is 487 g/mol. The van der Waals surface area contributed by atoms with Gasteiger partial charge < -0.3 is 16.2 Å². The fourth-order valence-corrected chi connectivity index (χ4v) is 3.11. The fraction of sp³-hybridized carbons (Fsp3) is 0.467. The molecule has 0 fully saturated rings. The summed E-state index contributed by atoms with van der Waals surface area (Å²) < 4.78 is 7.50. The second-order valence-electron chi connectivity index (χ2n) is 5.44. The Kier molecular flexibility index (Phi) is 9.16. The van der Waals surface area contributed by atoms with Gasteiger partial charge in [0.1, 0.15) is 5.75 Å². The Morgan fingerprint density at radius 2 is 1.76 bits per heavy atom. The van der Waals surface area contributed by atoms with Gasteiger partial charge in [0.25, 0.3) is 0 Å². The molecular formula is C15H23Br3N2O. The molecule has 0 heterocycles. The number of hydrogen-bond acceptors (Lipinski definition) is 3. The van der Waals surface area contributed by atoms with Gasteiger partial charge in [-0.1, -0.05) is 12.2 Å². The van der Waals surface area contributed by atoms with E-state index >= 15 is 0 Å². The maximum absolute atomic E-state index is 5.98. The quantitative estimate of drug-likeness (QED) is 0.316. The van der Waals surface area contributed by atoms with Crippen LogP contribution >= 0.6 is 48.8 Å². The molecule has 0 aromatic heterocycles. The van der Waals surface area contributed by atoms with Gasteiger partial charge in [0.15, 0.2) is 0 Å². The Labute approximate surface area is 154 Å². The third-order valence-corrected chi connectivity index (χ3v) is 4.23. The monoisotopic (exact) mass is 484 g/mol. The predicted molar refractivity (Wildman–Crippen MR) is 103 cm³/mol. The highest BCUT2D eigenvalue weighted by Crippen LogP contribution is 2.35. The van der Waals surface area contributed by atoms with E-state index in [1.807, 2.05) is 26.0 Å². The summed E-state index contributed by atoms with van der Waals surface area (Å²) in [6.45, 7) is 8.64. The van der Waals surface area contributed by atoms with Crippen molar-refractivity contribution >= 4 is 54.5 Å². The lowest BCUT2D eigenvalue weighted by Gasteiger charge is -2.21. The maximum Gasteiger partial charge on any atom is 0.147 e. The minimum absolute atomic E-state index is 0. The number of anilines is 1. The van der Waals surface area contributed by atoms with Gasteiger partial charge in [0, 0.05) is 11.2 Å². The first kappa shape index (κ1) is 21.0. The molecule has 0 bridgehead atoms. The van der Waals surface area contributed by atoms with Crippen LogP contribution in [0.5, 0.6) is 5.75 Å². The molecule has 0 saturated carbocycles. The first-order valence-electron chi connectivity index (χ1n) is 6.56. The van der Waals surface area contributed by atoms with Crippen molar-refractivity contribution in [1.29, 1.82) is 0 Å². The third-order valence-electron chi connectivity index (χ3n) is 3.05. The molecule has 0 radical (unpaired) electrons. The van der Waals surface area contributed by atoms with Gasteiger partial charge in [-0.2, -0.15) is 0 Å². The summed E-state index contributed by atoms with van der Waals surface area (Å²) in [5.41, 5.74) is 13.2. The predicted octanol–water partition coefficient (Wildman–Crippen LogP) is 5.21. The standard InChI is InChI=1S/C15H22Br2N2O.BrH/c1-10(15(2,3)19)6-4-5-7-20-14-12(16)8-11(18)9-13(14)17;/h8-9H,1,4-7,18-19H2,2-3H3;1H. The highest BCUT2D eigenvalue weighted by Gasteiger charge is 2.14. The van der Waals surface area contributed by atoms with E-state index in [0.717, 1.165) is 39.5 Å². The zero-order chi connectivity index (χ0) is 15.3. The van der Waals surface area contributed by atoms with Crippen LogP contribution in [0.2, 0.25) is 0 Å². The highest BCUT2D eigenvalue weighted by atomic mass is 79.9. The normalized spacial score (nSPS) is 10.9. The van der Waals surface area contributed by atoms with Crippen LogP contribution in [-0.4, -0.2) is 12.1 Å². The Hall–Kier alpha value is -0.0400. The van der Waals surface area contributed by atoms with Crippen molar-refractivity contribution < 1.29 is 4.74 Å². The first-order valence-corrected chi connectivity index (χ1v) is 8.15. The average Bonchev–Trinajstić information content (AvgIpc) is 2.29. The van der Waals surface area contributed by atoms with Gasteiger partial charge in [-0.25, -0.2) is 0 Å². The van der Waals surface area contributed by atoms with Gasteiger partial charge in [-0.05, 0) is 77.1 Å². The molecule has 21 heavy (non-hydrogen) atoms. The van der Waals surface area contributed by atoms with Crippen LogP contribution in [0.3, 0.4) is 0 Å². The smallest absolute Gasteiger partial charge is 0.147 e. The van der Waals surface area contributed by atoms with Gasteiger partial charge in [0.2, 0.25) is 0 Å². The minimum atomic E-state index is -0.302. The van der Waals surface area contributed by atoms with Crippen molar-refractivity contribution in [3.05, 3.63) is 33.2 Å². The lowest BCUT2D eigenvalue weighted by Crippen LogP contribution is -2.33. The SMILES string of the molecule is Br.C=C(CCCCOc1c(Br)cc(N)cc1Br)C(C)(C)N. The van der Waals surface area contributed by atoms with Gasteiger partial charge >= 0.3 is 0 Å². The molecule has 6 heteroatoms. The van der Waals surface area contributed by atoms with E-state index in [9.17, 15) is 0 Å². The number of benzene rings is 1. The number of nitrogen functional groups attached to an aromatic ring is 1. The zero-order valence-electron chi connectivity index (χ0n) is 12.4. The van der Waals surface area contributed by atoms with Crippen molar-refractivity contribution in [3.63, 3.8) is 0 Å². The Morgan fingerprint density at radius 1 is 1.24 bits per heavy atom. The topological polar surface area (TPSA) is 61.3 Å². The Morgan fingerprint density at radius 3 is 2.24 bits per heavy atom. The Bertz CT molecular complexity index is 461. The highest BCUT2D eigenvalue weighted by molar-refractivity contribution is 9.11. The van der Waals surface area contributed by atoms with Crippen molar-refractivity contribution in [2.24, 2.45) is 5.73 Å². The summed E-state index contributed by atoms with van der Waals surface area (Å²) in [4.78, 5) is 0. The third kappa shape index (κ3) is 7.17. The van der Waals surface area contributed by atoms with Crippen LogP contribution in [0.4, 0.5) is 5.69 Å². The first-order chi connectivity index (χ1) is 9.21. The van der Waals surface area contributed by atoms with E-state index in [2.05, 4.69) is 38.4 Å². The van der Waals surface area contributed by atoms with Crippen molar-refractivity contribution in [2.45, 2.75) is 38.6 Å². The Balaban J connectivity index is 0.00000400. The van der Waals surface area contributed by atoms with Gasteiger partial charge in [-0.15, -0.1) is 17.0 Å². The summed E-state index contributed by atoms with van der Waals surface area (Å²) in [5.74, 6) is 0.789. The van der Waals surface area contributed by atoms with Crippen LogP contribution in [0.25, 0.3) is 0 Å². The molecule has 0 aliphatic rings. The molecule has 0 amide bonds. The molecule has 0 aliphatic heterocycles. The van der Waals surface area contributed by atoms with E-state index in [1.54, 1.807) is 0 Å². The summed E-state index contributed by atoms with van der Waals surface area (Å²) in [6.07, 6.45) is 2.90. The molecule has 0 saturated heterocycles. The number of halogens is 3. The second-order valence-corrected chi connectivity index (χ2v) is 7.15. The number of unbranched alkanes of at least 4 members (excludes halogenated alkanes) is 1. The number of rotatable bonds is 7. The van der Waals surface area contributed by atoms with E-state index in [1.165, 1.54) is 0 Å². The second kappa shape index (κ2) is 9.18. The summed E-state index contributed by atoms with van der Waals surface area (Å²) in [6, 6.07) is 3.66. The maximum atomic E-state index is 5.98. The van der Waals surface area contributed by atoms with Crippen molar-refractivity contribution in [3.8, 4) is 5.75 Å². The largest absolute Gasteiger partial charge is 0.491 e. The number of ether oxygens (including phenoxy) is 1. The molecule has 0 unspecified atom stereocenters. The van der Waals surface area contributed by atoms with Crippen LogP contribution in [0.15, 0.2) is 33.2 Å². The van der Waals surface area contributed by atoms with Gasteiger partial charge in [0.05, 0.1) is 15.6 Å². The molecule has 4 N–H and O–H groups in total. The van der Waals surface area contributed by atoms with Crippen LogP contribution in [-0.2, 0) is 0 Å². The molecule has 0 aliphatic carbocycles. The van der Waals surface area contributed by atoms with E-state index in [4.69, 9.17) is 16.2 Å². The van der Waals surface area contributed by atoms with Crippen molar-refractivity contribution in [2.75, 3.05) is 12.3 Å². The van der Waals surface area contributed by atoms with Crippen LogP contribution < -0.4 is 16.2 Å². The molecule has 1 aromatic rings. The lowest BCUT2D eigenvalue weighted by molar-refractivity contribution is 0.302. The molecule has 3 nitrogen and oxygen atoms in total. The molecule has 1 aromatic carbocycles. The molecule has 0 atom stereocenters. The molecule has 120 valence electrons. The fourth-order valence-electron chi connectivity index (χ4n) is 1.65. The van der Waals surface area contributed by atoms with Crippen LogP contribution in [0, 0.1) is 0 Å². The summed E-state index contributed by atoms with van der Waals surface area (Å²) in [7, 11) is 0. The minimum Gasteiger partial charge on any atom is -0.491 e. The lowest BCUT2D eigenvalue weighted by atomic mass is 9.93. The summed E-state index contributed by atoms with van der Waals surface area (Å²) in [5, 5.41) is 0. The van der Waals surface area contributed by atoms with Crippen molar-refractivity contribution in [1.82, 2.24) is 0 Å². The number of hydrogen-bond donors (Lipinski definition) is 2. The zero-order valence-corrected chi connectivity index (χ0v) is 17.3. The van der Waals surface area contributed by atoms with Gasteiger partial charge in [-0.3, -0.25) is 0 Å². The molecule has 1 rings (SSSR count).